The van der Waals surface area contributed by atoms with E-state index in [2.05, 4.69) is 0 Å². The van der Waals surface area contributed by atoms with Gasteiger partial charge in [0, 0.05) is 30.3 Å². The Morgan fingerprint density at radius 1 is 1.00 bits per heavy atom. The van der Waals surface area contributed by atoms with Crippen molar-refractivity contribution in [3.05, 3.63) is 122 Å². The molecule has 0 atom stereocenters. The van der Waals surface area contributed by atoms with Gasteiger partial charge in [-0.2, -0.15) is 0 Å². The topological polar surface area (TPSA) is 89.0 Å². The third-order valence-electron chi connectivity index (χ3n) is 6.20. The Labute approximate surface area is 224 Å². The van der Waals surface area contributed by atoms with E-state index in [-0.39, 0.29) is 11.6 Å². The molecule has 3 aromatic carbocycles. The second kappa shape index (κ2) is 10.9. The van der Waals surface area contributed by atoms with Gasteiger partial charge in [-0.1, -0.05) is 48.0 Å². The minimum absolute atomic E-state index is 0.0316. The van der Waals surface area contributed by atoms with E-state index in [1.165, 1.54) is 23.9 Å². The minimum Gasteiger partial charge on any atom is -0.457 e. The van der Waals surface area contributed by atoms with Gasteiger partial charge in [0.15, 0.2) is 5.17 Å². The van der Waals surface area contributed by atoms with Crippen LogP contribution in [0.4, 0.5) is 11.4 Å². The van der Waals surface area contributed by atoms with Gasteiger partial charge in [-0.25, -0.2) is 4.99 Å². The molecule has 1 aliphatic heterocycles. The first-order valence-corrected chi connectivity index (χ1v) is 12.9. The Morgan fingerprint density at radius 2 is 1.76 bits per heavy atom. The van der Waals surface area contributed by atoms with Gasteiger partial charge in [0.25, 0.3) is 11.6 Å². The van der Waals surface area contributed by atoms with Crippen molar-refractivity contribution in [3.63, 3.8) is 0 Å². The zero-order valence-electron chi connectivity index (χ0n) is 21.0. The van der Waals surface area contributed by atoms with Crippen LogP contribution < -0.4 is 0 Å². The molecule has 2 heterocycles. The summed E-state index contributed by atoms with van der Waals surface area (Å²) in [7, 11) is 0. The van der Waals surface area contributed by atoms with Crippen molar-refractivity contribution >= 4 is 40.3 Å². The number of thioether (sulfide) groups is 1. The predicted molar refractivity (Wildman–Crippen MR) is 151 cm³/mol. The number of hydrogen-bond acceptors (Lipinski definition) is 6. The first kappa shape index (κ1) is 25.2. The third kappa shape index (κ3) is 5.60. The Morgan fingerprint density at radius 3 is 2.47 bits per heavy atom. The Hall–Kier alpha value is -4.43. The maximum absolute atomic E-state index is 13.5. The second-order valence-corrected chi connectivity index (χ2v) is 10.0. The molecule has 0 radical (unpaired) electrons. The summed E-state index contributed by atoms with van der Waals surface area (Å²) in [6.07, 6.45) is 2.43. The van der Waals surface area contributed by atoms with Crippen molar-refractivity contribution in [2.45, 2.75) is 20.3 Å². The lowest BCUT2D eigenvalue weighted by atomic mass is 10.1. The van der Waals surface area contributed by atoms with Gasteiger partial charge in [-0.3, -0.25) is 19.8 Å². The monoisotopic (exact) mass is 523 g/mol. The van der Waals surface area contributed by atoms with E-state index < -0.39 is 4.92 Å². The fourth-order valence-corrected chi connectivity index (χ4v) is 5.15. The summed E-state index contributed by atoms with van der Waals surface area (Å²) in [6.45, 7) is 4.33. The first-order chi connectivity index (χ1) is 18.4. The van der Waals surface area contributed by atoms with E-state index in [0.717, 1.165) is 27.9 Å². The fourth-order valence-electron chi connectivity index (χ4n) is 4.15. The van der Waals surface area contributed by atoms with E-state index in [9.17, 15) is 14.9 Å². The fraction of sp³-hybridized carbons (Fsp3) is 0.133. The van der Waals surface area contributed by atoms with Crippen LogP contribution in [-0.2, 0) is 11.2 Å². The Balaban J connectivity index is 1.42. The van der Waals surface area contributed by atoms with E-state index in [4.69, 9.17) is 9.41 Å². The van der Waals surface area contributed by atoms with Gasteiger partial charge >= 0.3 is 0 Å². The number of aryl methyl sites for hydroxylation is 2. The average Bonchev–Trinajstić information content (AvgIpc) is 3.49. The second-order valence-electron chi connectivity index (χ2n) is 8.99. The van der Waals surface area contributed by atoms with Crippen molar-refractivity contribution in [2.75, 3.05) is 6.54 Å². The van der Waals surface area contributed by atoms with E-state index >= 15 is 0 Å². The molecule has 1 aromatic heterocycles. The number of nitro groups is 1. The lowest BCUT2D eigenvalue weighted by molar-refractivity contribution is -0.384. The standard InChI is InChI=1S/C30H25N3O4S/c1-20-8-10-23(11-9-20)31-30-32(17-16-22-6-4-3-5-7-22)29(34)28(38-30)19-25-13-15-27(37-25)26-14-12-24(33(35)36)18-21(26)2/h3-15,18-19H,16-17H2,1-2H3/b28-19+,31-30?. The molecule has 1 amide bonds. The number of rotatable bonds is 7. The summed E-state index contributed by atoms with van der Waals surface area (Å²) in [5, 5.41) is 11.7. The SMILES string of the molecule is Cc1ccc(N=C2S/C(=C/c3ccc(-c4ccc([N+](=O)[O-])cc4C)o3)C(=O)N2CCc2ccccc2)cc1. The molecule has 0 bridgehead atoms. The number of amides is 1. The number of nitro benzene ring substituents is 1. The lowest BCUT2D eigenvalue weighted by Crippen LogP contribution is -2.31. The quantitative estimate of drug-likeness (QED) is 0.144. The molecule has 4 aromatic rings. The number of non-ortho nitro benzene ring substituents is 1. The average molecular weight is 524 g/mol. The largest absolute Gasteiger partial charge is 0.457 e. The molecule has 38 heavy (non-hydrogen) atoms. The number of benzene rings is 3. The molecule has 0 spiro atoms. The molecule has 5 rings (SSSR count). The van der Waals surface area contributed by atoms with Crippen LogP contribution in [0.2, 0.25) is 0 Å². The molecule has 1 fully saturated rings. The summed E-state index contributed by atoms with van der Waals surface area (Å²) >= 11 is 1.32. The van der Waals surface area contributed by atoms with Crippen LogP contribution in [0.1, 0.15) is 22.5 Å². The number of carbonyl (C=O) groups excluding carboxylic acids is 1. The highest BCUT2D eigenvalue weighted by Gasteiger charge is 2.33. The number of carbonyl (C=O) groups is 1. The molecular formula is C30H25N3O4S. The molecule has 1 aliphatic rings. The maximum Gasteiger partial charge on any atom is 0.269 e. The van der Waals surface area contributed by atoms with Crippen molar-refractivity contribution in [1.82, 2.24) is 4.90 Å². The zero-order chi connectivity index (χ0) is 26.6. The molecule has 0 saturated carbocycles. The summed E-state index contributed by atoms with van der Waals surface area (Å²) in [5.74, 6) is 0.976. The number of amidine groups is 1. The Bertz CT molecular complexity index is 1560. The normalized spacial score (nSPS) is 15.5. The number of hydrogen-bond donors (Lipinski definition) is 0. The van der Waals surface area contributed by atoms with Crippen LogP contribution in [0.5, 0.6) is 0 Å². The van der Waals surface area contributed by atoms with Crippen LogP contribution in [0, 0.1) is 24.0 Å². The van der Waals surface area contributed by atoms with Gasteiger partial charge in [-0.15, -0.1) is 0 Å². The highest BCUT2D eigenvalue weighted by Crippen LogP contribution is 2.36. The van der Waals surface area contributed by atoms with Crippen molar-refractivity contribution in [3.8, 4) is 11.3 Å². The summed E-state index contributed by atoms with van der Waals surface area (Å²) in [6, 6.07) is 26.2. The maximum atomic E-state index is 13.5. The smallest absolute Gasteiger partial charge is 0.269 e. The van der Waals surface area contributed by atoms with Gasteiger partial charge < -0.3 is 4.42 Å². The minimum atomic E-state index is -0.420. The first-order valence-electron chi connectivity index (χ1n) is 12.1. The number of nitrogens with zero attached hydrogens (tertiary/aromatic N) is 3. The highest BCUT2D eigenvalue weighted by atomic mass is 32.2. The summed E-state index contributed by atoms with van der Waals surface area (Å²) < 4.78 is 6.02. The van der Waals surface area contributed by atoms with E-state index in [1.54, 1.807) is 36.1 Å². The Kier molecular flexibility index (Phi) is 7.24. The number of aliphatic imine (C=N–C) groups is 1. The zero-order valence-corrected chi connectivity index (χ0v) is 21.8. The molecule has 8 heteroatoms. The van der Waals surface area contributed by atoms with Crippen LogP contribution >= 0.6 is 11.8 Å². The van der Waals surface area contributed by atoms with Crippen molar-refractivity contribution < 1.29 is 14.1 Å². The van der Waals surface area contributed by atoms with Gasteiger partial charge in [0.05, 0.1) is 15.5 Å². The highest BCUT2D eigenvalue weighted by molar-refractivity contribution is 8.18. The van der Waals surface area contributed by atoms with Crippen LogP contribution in [0.3, 0.4) is 0 Å². The molecule has 0 unspecified atom stereocenters. The van der Waals surface area contributed by atoms with Gasteiger partial charge in [0.2, 0.25) is 0 Å². The molecule has 1 saturated heterocycles. The molecule has 190 valence electrons. The van der Waals surface area contributed by atoms with Crippen LogP contribution in [0.15, 0.2) is 99.2 Å². The van der Waals surface area contributed by atoms with Crippen molar-refractivity contribution in [1.29, 1.82) is 0 Å². The van der Waals surface area contributed by atoms with Gasteiger partial charge in [-0.05, 0) is 73.5 Å². The predicted octanol–water partition coefficient (Wildman–Crippen LogP) is 7.32. The van der Waals surface area contributed by atoms with Gasteiger partial charge in [0.1, 0.15) is 11.5 Å². The lowest BCUT2D eigenvalue weighted by Gasteiger charge is -2.15. The summed E-state index contributed by atoms with van der Waals surface area (Å²) in [5.41, 5.74) is 4.60. The molecular weight excluding hydrogens is 498 g/mol. The van der Waals surface area contributed by atoms with E-state index in [1.807, 2.05) is 61.5 Å². The van der Waals surface area contributed by atoms with Crippen LogP contribution in [-0.4, -0.2) is 27.4 Å². The van der Waals surface area contributed by atoms with Crippen molar-refractivity contribution in [2.24, 2.45) is 4.99 Å². The molecule has 7 nitrogen and oxygen atoms in total. The van der Waals surface area contributed by atoms with Crippen LogP contribution in [0.25, 0.3) is 17.4 Å². The molecule has 0 N–H and O–H groups in total. The molecule has 0 aliphatic carbocycles. The number of furan rings is 1. The third-order valence-corrected chi connectivity index (χ3v) is 7.21. The summed E-state index contributed by atoms with van der Waals surface area (Å²) in [4.78, 5) is 31.1. The van der Waals surface area contributed by atoms with E-state index in [0.29, 0.717) is 34.6 Å².